The number of rotatable bonds is 3. The topological polar surface area (TPSA) is 103 Å². The van der Waals surface area contributed by atoms with E-state index < -0.39 is 17.3 Å². The number of hydrogen-bond donors (Lipinski definition) is 1. The van der Waals surface area contributed by atoms with Gasteiger partial charge in [0.15, 0.2) is 10.4 Å². The SMILES string of the molecule is COC(=O)CC1c2c(cc(O)c3c(=O)cc(-c4ccccc4)oc23)Oc2nc3sccn3c21. The number of fused-ring (bicyclic) bond motifs is 6. The molecule has 2 aromatic carbocycles. The zero-order valence-corrected chi connectivity index (χ0v) is 18.1. The number of methoxy groups -OCH3 is 1. The summed E-state index contributed by atoms with van der Waals surface area (Å²) in [5, 5.41) is 12.6. The molecule has 0 bridgehead atoms. The summed E-state index contributed by atoms with van der Waals surface area (Å²) in [7, 11) is 1.32. The minimum Gasteiger partial charge on any atom is -0.507 e. The lowest BCUT2D eigenvalue weighted by molar-refractivity contribution is -0.140. The summed E-state index contributed by atoms with van der Waals surface area (Å²) in [4.78, 5) is 30.7. The molecule has 0 saturated heterocycles. The smallest absolute Gasteiger partial charge is 0.306 e. The molecule has 1 aliphatic heterocycles. The van der Waals surface area contributed by atoms with Gasteiger partial charge < -0.3 is 19.0 Å². The summed E-state index contributed by atoms with van der Waals surface area (Å²) in [6.45, 7) is 0. The lowest BCUT2D eigenvalue weighted by Crippen LogP contribution is -2.17. The summed E-state index contributed by atoms with van der Waals surface area (Å²) in [5.74, 6) is -0.315. The van der Waals surface area contributed by atoms with Crippen LogP contribution in [0.4, 0.5) is 0 Å². The van der Waals surface area contributed by atoms with Gasteiger partial charge in [-0.2, -0.15) is 4.98 Å². The van der Waals surface area contributed by atoms with Crippen LogP contribution < -0.4 is 10.2 Å². The third-order valence-corrected chi connectivity index (χ3v) is 6.55. The minimum absolute atomic E-state index is 0.0251. The highest BCUT2D eigenvalue weighted by molar-refractivity contribution is 7.15. The molecule has 3 aromatic heterocycles. The van der Waals surface area contributed by atoms with Crippen LogP contribution >= 0.6 is 11.3 Å². The number of phenols is 1. The monoisotopic (exact) mass is 460 g/mol. The second kappa shape index (κ2) is 7.21. The first-order valence-corrected chi connectivity index (χ1v) is 11.0. The van der Waals surface area contributed by atoms with Gasteiger partial charge in [-0.15, -0.1) is 11.3 Å². The number of aromatic nitrogens is 2. The molecule has 164 valence electrons. The molecular weight excluding hydrogens is 444 g/mol. The van der Waals surface area contributed by atoms with Crippen molar-refractivity contribution in [1.29, 1.82) is 0 Å². The Morgan fingerprint density at radius 1 is 1.27 bits per heavy atom. The third-order valence-electron chi connectivity index (χ3n) is 5.79. The zero-order chi connectivity index (χ0) is 22.7. The molecule has 0 amide bonds. The number of phenolic OH excluding ortho intramolecular Hbond substituents is 1. The van der Waals surface area contributed by atoms with E-state index in [1.165, 1.54) is 30.6 Å². The fraction of sp³-hybridized carbons (Fsp3) is 0.125. The fourth-order valence-electron chi connectivity index (χ4n) is 4.34. The number of benzene rings is 2. The molecule has 0 radical (unpaired) electrons. The molecule has 0 aliphatic carbocycles. The van der Waals surface area contributed by atoms with Crippen molar-refractivity contribution in [3.8, 4) is 28.7 Å². The van der Waals surface area contributed by atoms with Gasteiger partial charge in [0.25, 0.3) is 0 Å². The Balaban J connectivity index is 1.69. The number of thiazole rings is 1. The van der Waals surface area contributed by atoms with Gasteiger partial charge >= 0.3 is 5.97 Å². The number of imidazole rings is 1. The molecule has 5 aromatic rings. The highest BCUT2D eigenvalue weighted by Gasteiger charge is 2.37. The first-order chi connectivity index (χ1) is 16.0. The summed E-state index contributed by atoms with van der Waals surface area (Å²) < 4.78 is 19.1. The summed E-state index contributed by atoms with van der Waals surface area (Å²) in [6.07, 6.45) is 1.82. The van der Waals surface area contributed by atoms with Crippen LogP contribution in [-0.4, -0.2) is 27.6 Å². The Morgan fingerprint density at radius 3 is 2.88 bits per heavy atom. The van der Waals surface area contributed by atoms with Gasteiger partial charge in [0.05, 0.1) is 19.2 Å². The second-order valence-electron chi connectivity index (χ2n) is 7.65. The van der Waals surface area contributed by atoms with E-state index in [2.05, 4.69) is 4.98 Å². The number of aromatic hydroxyl groups is 1. The number of nitrogens with zero attached hydrogens (tertiary/aromatic N) is 2. The first-order valence-electron chi connectivity index (χ1n) is 10.1. The number of esters is 1. The molecule has 4 heterocycles. The van der Waals surface area contributed by atoms with Crippen molar-refractivity contribution in [1.82, 2.24) is 9.38 Å². The Hall–Kier alpha value is -4.11. The molecule has 1 atom stereocenters. The molecule has 1 N–H and O–H groups in total. The molecule has 9 heteroatoms. The Bertz CT molecular complexity index is 1620. The maximum Gasteiger partial charge on any atom is 0.306 e. The third kappa shape index (κ3) is 2.93. The van der Waals surface area contributed by atoms with Crippen LogP contribution in [0.3, 0.4) is 0 Å². The number of carbonyl (C=O) groups is 1. The molecule has 0 spiro atoms. The van der Waals surface area contributed by atoms with Crippen LogP contribution in [0.2, 0.25) is 0 Å². The van der Waals surface area contributed by atoms with Crippen molar-refractivity contribution >= 4 is 33.2 Å². The van der Waals surface area contributed by atoms with Crippen molar-refractivity contribution in [3.05, 3.63) is 75.5 Å². The summed E-state index contributed by atoms with van der Waals surface area (Å²) in [5.41, 5.74) is 1.63. The maximum atomic E-state index is 13.1. The average Bonchev–Trinajstić information content (AvgIpc) is 3.39. The summed E-state index contributed by atoms with van der Waals surface area (Å²) in [6, 6.07) is 11.9. The highest BCUT2D eigenvalue weighted by Crippen LogP contribution is 2.50. The molecule has 33 heavy (non-hydrogen) atoms. The van der Waals surface area contributed by atoms with Crippen LogP contribution in [0.1, 0.15) is 23.6 Å². The minimum atomic E-state index is -0.571. The molecule has 1 aliphatic rings. The Labute approximate surface area is 190 Å². The van der Waals surface area contributed by atoms with Crippen LogP contribution in [0.15, 0.2) is 63.3 Å². The van der Waals surface area contributed by atoms with E-state index in [4.69, 9.17) is 13.9 Å². The highest BCUT2D eigenvalue weighted by atomic mass is 32.1. The van der Waals surface area contributed by atoms with Gasteiger partial charge in [-0.05, 0) is 0 Å². The van der Waals surface area contributed by atoms with Gasteiger partial charge in [-0.1, -0.05) is 30.3 Å². The van der Waals surface area contributed by atoms with Gasteiger partial charge in [-0.25, -0.2) is 0 Å². The molecule has 0 saturated carbocycles. The predicted molar refractivity (Wildman–Crippen MR) is 121 cm³/mol. The van der Waals surface area contributed by atoms with E-state index in [0.29, 0.717) is 33.4 Å². The molecule has 6 rings (SSSR count). The molecular formula is C24H16N2O6S. The standard InChI is InChI=1S/C24H16N2O6S/c1-30-18(29)9-13-19-17(32-23-21(13)26-7-8-33-24(26)25-23)11-15(28)20-14(27)10-16(31-22(19)20)12-5-3-2-4-6-12/h2-8,10-11,13,28H,9H2,1H3. The first kappa shape index (κ1) is 19.6. The number of carbonyl (C=O) groups excluding carboxylic acids is 1. The number of ether oxygens (including phenoxy) is 2. The van der Waals surface area contributed by atoms with E-state index in [1.807, 2.05) is 46.3 Å². The van der Waals surface area contributed by atoms with Crippen molar-refractivity contribution in [2.45, 2.75) is 12.3 Å². The van der Waals surface area contributed by atoms with E-state index in [0.717, 1.165) is 0 Å². The van der Waals surface area contributed by atoms with Crippen molar-refractivity contribution in [3.63, 3.8) is 0 Å². The lowest BCUT2D eigenvalue weighted by atomic mass is 9.88. The normalized spacial score (nSPS) is 14.6. The van der Waals surface area contributed by atoms with Crippen molar-refractivity contribution in [2.75, 3.05) is 7.11 Å². The van der Waals surface area contributed by atoms with E-state index >= 15 is 0 Å². The Morgan fingerprint density at radius 2 is 2.09 bits per heavy atom. The molecule has 8 nitrogen and oxygen atoms in total. The van der Waals surface area contributed by atoms with Crippen LogP contribution in [0.25, 0.3) is 27.3 Å². The van der Waals surface area contributed by atoms with Gasteiger partial charge in [0, 0.05) is 40.8 Å². The zero-order valence-electron chi connectivity index (χ0n) is 17.3. The van der Waals surface area contributed by atoms with Crippen molar-refractivity contribution in [2.24, 2.45) is 0 Å². The largest absolute Gasteiger partial charge is 0.507 e. The number of hydrogen-bond acceptors (Lipinski definition) is 8. The van der Waals surface area contributed by atoms with Crippen LogP contribution in [-0.2, 0) is 9.53 Å². The fourth-order valence-corrected chi connectivity index (χ4v) is 5.05. The van der Waals surface area contributed by atoms with E-state index in [1.54, 1.807) is 0 Å². The average molecular weight is 460 g/mol. The van der Waals surface area contributed by atoms with E-state index in [-0.39, 0.29) is 28.9 Å². The van der Waals surface area contributed by atoms with E-state index in [9.17, 15) is 14.7 Å². The Kier molecular flexibility index (Phi) is 4.27. The van der Waals surface area contributed by atoms with Gasteiger partial charge in [0.1, 0.15) is 28.2 Å². The predicted octanol–water partition coefficient (Wildman–Crippen LogP) is 4.68. The van der Waals surface area contributed by atoms with Crippen molar-refractivity contribution < 1.29 is 23.8 Å². The van der Waals surface area contributed by atoms with Gasteiger partial charge in [0.2, 0.25) is 5.88 Å². The molecule has 0 fully saturated rings. The van der Waals surface area contributed by atoms with Crippen LogP contribution in [0, 0.1) is 0 Å². The molecule has 1 unspecified atom stereocenters. The summed E-state index contributed by atoms with van der Waals surface area (Å²) >= 11 is 1.43. The maximum absolute atomic E-state index is 13.1. The lowest BCUT2D eigenvalue weighted by Gasteiger charge is -2.26. The van der Waals surface area contributed by atoms with Gasteiger partial charge in [-0.3, -0.25) is 14.0 Å². The van der Waals surface area contributed by atoms with Crippen LogP contribution in [0.5, 0.6) is 17.4 Å². The quantitative estimate of drug-likeness (QED) is 0.390. The second-order valence-corrected chi connectivity index (χ2v) is 8.52.